The Bertz CT molecular complexity index is 216. The van der Waals surface area contributed by atoms with E-state index in [4.69, 9.17) is 9.90 Å². The highest BCUT2D eigenvalue weighted by Gasteiger charge is 2.38. The van der Waals surface area contributed by atoms with Crippen molar-refractivity contribution in [3.63, 3.8) is 0 Å². The molecule has 0 aromatic carbocycles. The number of carbonyl (C=O) groups is 1. The Balaban J connectivity index is 0. The summed E-state index contributed by atoms with van der Waals surface area (Å²) in [6.07, 6.45) is 12.3. The van der Waals surface area contributed by atoms with Crippen molar-refractivity contribution in [2.75, 3.05) is 0 Å². The molecule has 0 spiro atoms. The minimum absolute atomic E-state index is 1.37. The molecule has 0 saturated heterocycles. The molecule has 0 radical (unpaired) electrons. The molecule has 0 aliphatic carbocycles. The second-order valence-electron chi connectivity index (χ2n) is 5.34. The molecule has 0 heterocycles. The van der Waals surface area contributed by atoms with Crippen LogP contribution in [-0.2, 0) is 4.79 Å². The first-order valence-corrected chi connectivity index (χ1v) is 8.16. The lowest BCUT2D eigenvalue weighted by molar-refractivity contribution is -0.192. The van der Waals surface area contributed by atoms with Crippen molar-refractivity contribution >= 4 is 5.97 Å². The first-order chi connectivity index (χ1) is 9.86. The third-order valence-corrected chi connectivity index (χ3v) is 3.20. The van der Waals surface area contributed by atoms with Gasteiger partial charge in [-0.2, -0.15) is 13.2 Å². The topological polar surface area (TPSA) is 37.3 Å². The van der Waals surface area contributed by atoms with Crippen molar-refractivity contribution in [2.45, 2.75) is 97.1 Å². The fourth-order valence-electron chi connectivity index (χ4n) is 1.91. The van der Waals surface area contributed by atoms with E-state index < -0.39 is 12.1 Å². The summed E-state index contributed by atoms with van der Waals surface area (Å²) in [7, 11) is 0. The number of hydrogen-bond donors (Lipinski definition) is 1. The lowest BCUT2D eigenvalue weighted by atomic mass is 10.1. The zero-order valence-electron chi connectivity index (χ0n) is 13.5. The Kier molecular flexibility index (Phi) is 16.8. The summed E-state index contributed by atoms with van der Waals surface area (Å²) in [5.41, 5.74) is 0. The van der Waals surface area contributed by atoms with Gasteiger partial charge in [-0.05, 0) is 0 Å². The standard InChI is InChI=1S/C14H30.C2HF3O2/c1-3-5-7-9-11-13-14-12-10-8-6-4-2;3-2(4,5)1(6)7/h3-14H2,1-2H3;(H,6,7). The first-order valence-electron chi connectivity index (χ1n) is 8.16. The first kappa shape index (κ1) is 22.5. The van der Waals surface area contributed by atoms with Gasteiger partial charge in [0, 0.05) is 0 Å². The van der Waals surface area contributed by atoms with Crippen molar-refractivity contribution in [3.8, 4) is 0 Å². The van der Waals surface area contributed by atoms with E-state index >= 15 is 0 Å². The van der Waals surface area contributed by atoms with Crippen LogP contribution in [0.5, 0.6) is 0 Å². The van der Waals surface area contributed by atoms with E-state index in [9.17, 15) is 13.2 Å². The quantitative estimate of drug-likeness (QED) is 0.452. The molecule has 0 aromatic heterocycles. The molecule has 0 atom stereocenters. The van der Waals surface area contributed by atoms with Gasteiger partial charge in [0.15, 0.2) is 0 Å². The summed E-state index contributed by atoms with van der Waals surface area (Å²) in [5.74, 6) is -2.76. The second-order valence-corrected chi connectivity index (χ2v) is 5.34. The maximum atomic E-state index is 10.6. The van der Waals surface area contributed by atoms with Gasteiger partial charge in [0.1, 0.15) is 0 Å². The van der Waals surface area contributed by atoms with Gasteiger partial charge < -0.3 is 5.11 Å². The number of unbranched alkanes of at least 4 members (excludes halogenated alkanes) is 11. The zero-order chi connectivity index (χ0) is 16.6. The monoisotopic (exact) mass is 312 g/mol. The van der Waals surface area contributed by atoms with Gasteiger partial charge in [0.2, 0.25) is 0 Å². The van der Waals surface area contributed by atoms with Crippen LogP contribution >= 0.6 is 0 Å². The van der Waals surface area contributed by atoms with Crippen LogP contribution in [-0.4, -0.2) is 17.3 Å². The molecule has 0 unspecified atom stereocenters. The molecule has 128 valence electrons. The van der Waals surface area contributed by atoms with Crippen molar-refractivity contribution in [2.24, 2.45) is 0 Å². The molecule has 1 N–H and O–H groups in total. The predicted octanol–water partition coefficient (Wildman–Crippen LogP) is 6.34. The molecule has 0 fully saturated rings. The molecule has 2 nitrogen and oxygen atoms in total. The van der Waals surface area contributed by atoms with Crippen LogP contribution in [0.25, 0.3) is 0 Å². The fourth-order valence-corrected chi connectivity index (χ4v) is 1.91. The Morgan fingerprint density at radius 3 is 1.05 bits per heavy atom. The number of carboxylic acids is 1. The third kappa shape index (κ3) is 21.7. The summed E-state index contributed by atoms with van der Waals surface area (Å²) in [6.45, 7) is 4.57. The Labute approximate surface area is 127 Å². The molecule has 0 bridgehead atoms. The number of carboxylic acid groups (broad SMARTS) is 1. The van der Waals surface area contributed by atoms with E-state index in [0.29, 0.717) is 0 Å². The van der Waals surface area contributed by atoms with Crippen molar-refractivity contribution < 1.29 is 23.1 Å². The van der Waals surface area contributed by atoms with Gasteiger partial charge in [-0.15, -0.1) is 0 Å². The van der Waals surface area contributed by atoms with E-state index in [1.165, 1.54) is 77.0 Å². The molecule has 0 rings (SSSR count). The van der Waals surface area contributed by atoms with Crippen LogP contribution in [0.1, 0.15) is 90.9 Å². The van der Waals surface area contributed by atoms with Crippen LogP contribution in [0.4, 0.5) is 13.2 Å². The van der Waals surface area contributed by atoms with Crippen LogP contribution in [0.2, 0.25) is 0 Å². The molecule has 0 amide bonds. The van der Waals surface area contributed by atoms with Gasteiger partial charge >= 0.3 is 12.1 Å². The predicted molar refractivity (Wildman–Crippen MR) is 80.4 cm³/mol. The van der Waals surface area contributed by atoms with E-state index in [-0.39, 0.29) is 0 Å². The maximum absolute atomic E-state index is 10.6. The lowest BCUT2D eigenvalue weighted by Crippen LogP contribution is -2.21. The Morgan fingerprint density at radius 1 is 0.714 bits per heavy atom. The highest BCUT2D eigenvalue weighted by Crippen LogP contribution is 2.13. The zero-order valence-corrected chi connectivity index (χ0v) is 13.5. The van der Waals surface area contributed by atoms with Gasteiger partial charge in [0.25, 0.3) is 0 Å². The summed E-state index contributed by atoms with van der Waals surface area (Å²) in [4.78, 5) is 8.90. The Hall–Kier alpha value is -0.740. The van der Waals surface area contributed by atoms with Crippen molar-refractivity contribution in [1.82, 2.24) is 0 Å². The van der Waals surface area contributed by atoms with Crippen LogP contribution < -0.4 is 0 Å². The molecule has 0 aromatic rings. The van der Waals surface area contributed by atoms with E-state index in [1.54, 1.807) is 0 Å². The molecule has 21 heavy (non-hydrogen) atoms. The maximum Gasteiger partial charge on any atom is 0.490 e. The van der Waals surface area contributed by atoms with Crippen molar-refractivity contribution in [1.29, 1.82) is 0 Å². The average molecular weight is 312 g/mol. The normalized spacial score (nSPS) is 10.9. The van der Waals surface area contributed by atoms with Gasteiger partial charge in [-0.3, -0.25) is 0 Å². The number of halogens is 3. The lowest BCUT2D eigenvalue weighted by Gasteiger charge is -2.01. The van der Waals surface area contributed by atoms with E-state index in [0.717, 1.165) is 0 Å². The average Bonchev–Trinajstić information content (AvgIpc) is 2.40. The number of aliphatic carboxylic acids is 1. The van der Waals surface area contributed by atoms with Gasteiger partial charge in [-0.1, -0.05) is 90.9 Å². The smallest absolute Gasteiger partial charge is 0.475 e. The second kappa shape index (κ2) is 15.6. The SMILES string of the molecule is CCCCCCCCCCCCCC.O=C(O)C(F)(F)F. The number of rotatable bonds is 11. The fraction of sp³-hybridized carbons (Fsp3) is 0.938. The molecule has 0 aliphatic rings. The summed E-state index contributed by atoms with van der Waals surface area (Å²) in [5, 5.41) is 7.12. The summed E-state index contributed by atoms with van der Waals surface area (Å²) in [6, 6.07) is 0. The molecular formula is C16H31F3O2. The van der Waals surface area contributed by atoms with Gasteiger partial charge in [0.05, 0.1) is 0 Å². The van der Waals surface area contributed by atoms with Crippen LogP contribution in [0.15, 0.2) is 0 Å². The minimum atomic E-state index is -5.08. The van der Waals surface area contributed by atoms with Crippen LogP contribution in [0.3, 0.4) is 0 Å². The van der Waals surface area contributed by atoms with Crippen molar-refractivity contribution in [3.05, 3.63) is 0 Å². The summed E-state index contributed by atoms with van der Waals surface area (Å²) < 4.78 is 31.7. The van der Waals surface area contributed by atoms with Crippen LogP contribution in [0, 0.1) is 0 Å². The highest BCUT2D eigenvalue weighted by molar-refractivity contribution is 5.73. The molecule has 0 aliphatic heterocycles. The molecule has 5 heteroatoms. The third-order valence-electron chi connectivity index (χ3n) is 3.20. The molecular weight excluding hydrogens is 281 g/mol. The Morgan fingerprint density at radius 2 is 0.905 bits per heavy atom. The minimum Gasteiger partial charge on any atom is -0.475 e. The number of hydrogen-bond acceptors (Lipinski definition) is 1. The van der Waals surface area contributed by atoms with Gasteiger partial charge in [-0.25, -0.2) is 4.79 Å². The largest absolute Gasteiger partial charge is 0.490 e. The molecule has 0 saturated carbocycles. The summed E-state index contributed by atoms with van der Waals surface area (Å²) >= 11 is 0. The highest BCUT2D eigenvalue weighted by atomic mass is 19.4. The number of alkyl halides is 3. The van der Waals surface area contributed by atoms with E-state index in [2.05, 4.69) is 13.8 Å². The van der Waals surface area contributed by atoms with E-state index in [1.807, 2.05) is 0 Å².